The number of hydrogen-bond acceptors (Lipinski definition) is 3. The van der Waals surface area contributed by atoms with Gasteiger partial charge in [-0.15, -0.1) is 11.3 Å². The van der Waals surface area contributed by atoms with Crippen molar-refractivity contribution in [1.29, 1.82) is 0 Å². The summed E-state index contributed by atoms with van der Waals surface area (Å²) in [4.78, 5) is 24.8. The van der Waals surface area contributed by atoms with Gasteiger partial charge in [0, 0.05) is 10.6 Å². The number of benzene rings is 1. The molecule has 0 bridgehead atoms. The van der Waals surface area contributed by atoms with Crippen molar-refractivity contribution < 1.29 is 9.59 Å². The van der Waals surface area contributed by atoms with Crippen molar-refractivity contribution in [2.75, 3.05) is 5.32 Å². The lowest BCUT2D eigenvalue weighted by atomic mass is 10.1. The van der Waals surface area contributed by atoms with Crippen molar-refractivity contribution in [2.45, 2.75) is 13.3 Å². The van der Waals surface area contributed by atoms with Crippen LogP contribution in [-0.4, -0.2) is 11.8 Å². The highest BCUT2D eigenvalue weighted by Gasteiger charge is 2.11. The molecule has 4 nitrogen and oxygen atoms in total. The quantitative estimate of drug-likeness (QED) is 0.898. The molecule has 2 rings (SSSR count). The first kappa shape index (κ1) is 13.3. The number of nitrogens with two attached hydrogens (primary N) is 1. The van der Waals surface area contributed by atoms with E-state index in [4.69, 9.17) is 5.73 Å². The number of hydrogen-bond donors (Lipinski definition) is 2. The predicted molar refractivity (Wildman–Crippen MR) is 76.3 cm³/mol. The van der Waals surface area contributed by atoms with Crippen LogP contribution in [0.5, 0.6) is 0 Å². The Labute approximate surface area is 115 Å². The molecule has 5 heteroatoms. The second-order valence-corrected chi connectivity index (χ2v) is 5.45. The molecule has 0 aliphatic rings. The van der Waals surface area contributed by atoms with Gasteiger partial charge in [-0.25, -0.2) is 0 Å². The molecular weight excluding hydrogens is 260 g/mol. The van der Waals surface area contributed by atoms with Crippen LogP contribution in [0.25, 0.3) is 0 Å². The van der Waals surface area contributed by atoms with Crippen molar-refractivity contribution in [3.05, 3.63) is 51.7 Å². The van der Waals surface area contributed by atoms with Crippen LogP contribution in [0.4, 0.5) is 5.69 Å². The molecule has 1 aromatic heterocycles. The molecule has 0 fully saturated rings. The SMILES string of the molecule is Cc1ccc(C(=O)Nc2ccccc2CC(N)=O)s1. The minimum Gasteiger partial charge on any atom is -0.369 e. The molecule has 98 valence electrons. The maximum absolute atomic E-state index is 12.0. The first-order valence-electron chi connectivity index (χ1n) is 5.80. The lowest BCUT2D eigenvalue weighted by Crippen LogP contribution is -2.17. The van der Waals surface area contributed by atoms with Crippen LogP contribution in [0.3, 0.4) is 0 Å². The summed E-state index contributed by atoms with van der Waals surface area (Å²) in [5, 5.41) is 2.81. The van der Waals surface area contributed by atoms with Crippen LogP contribution in [0.2, 0.25) is 0 Å². The first-order valence-corrected chi connectivity index (χ1v) is 6.62. The molecule has 1 aromatic carbocycles. The molecule has 1 heterocycles. The highest BCUT2D eigenvalue weighted by Crippen LogP contribution is 2.20. The Kier molecular flexibility index (Phi) is 3.97. The Morgan fingerprint density at radius 3 is 2.58 bits per heavy atom. The molecule has 0 aliphatic carbocycles. The third-order valence-electron chi connectivity index (χ3n) is 2.59. The second kappa shape index (κ2) is 5.67. The Balaban J connectivity index is 2.19. The maximum Gasteiger partial charge on any atom is 0.265 e. The molecule has 3 N–H and O–H groups in total. The van der Waals surface area contributed by atoms with Gasteiger partial charge >= 0.3 is 0 Å². The zero-order valence-corrected chi connectivity index (χ0v) is 11.3. The van der Waals surface area contributed by atoms with Gasteiger partial charge < -0.3 is 11.1 Å². The molecule has 0 atom stereocenters. The number of carbonyl (C=O) groups is 2. The number of primary amides is 1. The van der Waals surface area contributed by atoms with Gasteiger partial charge in [-0.2, -0.15) is 0 Å². The van der Waals surface area contributed by atoms with Crippen LogP contribution < -0.4 is 11.1 Å². The van der Waals surface area contributed by atoms with Crippen LogP contribution in [-0.2, 0) is 11.2 Å². The second-order valence-electron chi connectivity index (χ2n) is 4.16. The van der Waals surface area contributed by atoms with Gasteiger partial charge in [0.05, 0.1) is 11.3 Å². The smallest absolute Gasteiger partial charge is 0.265 e. The molecule has 19 heavy (non-hydrogen) atoms. The highest BCUT2D eigenvalue weighted by atomic mass is 32.1. The summed E-state index contributed by atoms with van der Waals surface area (Å²) in [5.41, 5.74) is 6.53. The zero-order valence-electron chi connectivity index (χ0n) is 10.5. The predicted octanol–water partition coefficient (Wildman–Crippen LogP) is 2.34. The number of rotatable bonds is 4. The molecule has 0 saturated carbocycles. The number of nitrogens with one attached hydrogen (secondary N) is 1. The van der Waals surface area contributed by atoms with E-state index in [2.05, 4.69) is 5.32 Å². The fraction of sp³-hybridized carbons (Fsp3) is 0.143. The average molecular weight is 274 g/mol. The monoisotopic (exact) mass is 274 g/mol. The first-order chi connectivity index (χ1) is 9.06. The fourth-order valence-corrected chi connectivity index (χ4v) is 2.49. The summed E-state index contributed by atoms with van der Waals surface area (Å²) in [7, 11) is 0. The van der Waals surface area contributed by atoms with Gasteiger partial charge in [0.2, 0.25) is 5.91 Å². The maximum atomic E-state index is 12.0. The van der Waals surface area contributed by atoms with Gasteiger partial charge in [-0.05, 0) is 30.7 Å². The van der Waals surface area contributed by atoms with E-state index in [1.807, 2.05) is 19.1 Å². The van der Waals surface area contributed by atoms with Crippen molar-refractivity contribution in [3.8, 4) is 0 Å². The number of anilines is 1. The van der Waals surface area contributed by atoms with Crippen molar-refractivity contribution in [2.24, 2.45) is 5.73 Å². The van der Waals surface area contributed by atoms with E-state index in [-0.39, 0.29) is 12.3 Å². The van der Waals surface area contributed by atoms with Crippen molar-refractivity contribution in [1.82, 2.24) is 0 Å². The van der Waals surface area contributed by atoms with E-state index >= 15 is 0 Å². The molecule has 0 unspecified atom stereocenters. The topological polar surface area (TPSA) is 72.2 Å². The lowest BCUT2D eigenvalue weighted by molar-refractivity contribution is -0.117. The summed E-state index contributed by atoms with van der Waals surface area (Å²) in [6.45, 7) is 1.95. The van der Waals surface area contributed by atoms with Gasteiger partial charge in [0.1, 0.15) is 0 Å². The molecular formula is C14H14N2O2S. The van der Waals surface area contributed by atoms with E-state index < -0.39 is 5.91 Å². The zero-order chi connectivity index (χ0) is 13.8. The minimum atomic E-state index is -0.423. The summed E-state index contributed by atoms with van der Waals surface area (Å²) in [6, 6.07) is 10.8. The van der Waals surface area contributed by atoms with Crippen LogP contribution in [0, 0.1) is 6.92 Å². The molecule has 0 radical (unpaired) electrons. The summed E-state index contributed by atoms with van der Waals surface area (Å²) >= 11 is 1.43. The molecule has 0 spiro atoms. The molecule has 0 aliphatic heterocycles. The van der Waals surface area contributed by atoms with Gasteiger partial charge in [0.25, 0.3) is 5.91 Å². The standard InChI is InChI=1S/C14H14N2O2S/c1-9-6-7-12(19-9)14(18)16-11-5-3-2-4-10(11)8-13(15)17/h2-7H,8H2,1H3,(H2,15,17)(H,16,18). The van der Waals surface area contributed by atoms with E-state index in [0.29, 0.717) is 10.6 Å². The Hall–Kier alpha value is -2.14. The minimum absolute atomic E-state index is 0.111. The number of thiophene rings is 1. The number of carbonyl (C=O) groups excluding carboxylic acids is 2. The van der Waals surface area contributed by atoms with E-state index in [1.165, 1.54) is 11.3 Å². The largest absolute Gasteiger partial charge is 0.369 e. The number of amides is 2. The summed E-state index contributed by atoms with van der Waals surface area (Å²) < 4.78 is 0. The van der Waals surface area contributed by atoms with E-state index in [9.17, 15) is 9.59 Å². The number of para-hydroxylation sites is 1. The molecule has 0 saturated heterocycles. The fourth-order valence-electron chi connectivity index (χ4n) is 1.72. The van der Waals surface area contributed by atoms with Crippen LogP contribution in [0.15, 0.2) is 36.4 Å². The summed E-state index contributed by atoms with van der Waals surface area (Å²) in [5.74, 6) is -0.594. The molecule has 2 aromatic rings. The van der Waals surface area contributed by atoms with Gasteiger partial charge in [0.15, 0.2) is 0 Å². The number of aryl methyl sites for hydroxylation is 1. The lowest BCUT2D eigenvalue weighted by Gasteiger charge is -2.08. The van der Waals surface area contributed by atoms with Gasteiger partial charge in [-0.3, -0.25) is 9.59 Å². The average Bonchev–Trinajstić information content (AvgIpc) is 2.78. The highest BCUT2D eigenvalue weighted by molar-refractivity contribution is 7.14. The normalized spacial score (nSPS) is 10.2. The Morgan fingerprint density at radius 2 is 1.95 bits per heavy atom. The van der Waals surface area contributed by atoms with Gasteiger partial charge in [-0.1, -0.05) is 18.2 Å². The third kappa shape index (κ3) is 3.42. The summed E-state index contributed by atoms with van der Waals surface area (Å²) in [6.07, 6.45) is 0.111. The van der Waals surface area contributed by atoms with E-state index in [0.717, 1.165) is 10.4 Å². The molecule has 2 amide bonds. The van der Waals surface area contributed by atoms with Crippen molar-refractivity contribution in [3.63, 3.8) is 0 Å². The van der Waals surface area contributed by atoms with E-state index in [1.54, 1.807) is 24.3 Å². The van der Waals surface area contributed by atoms with Crippen molar-refractivity contribution >= 4 is 28.8 Å². The van der Waals surface area contributed by atoms with Crippen LogP contribution in [0.1, 0.15) is 20.1 Å². The third-order valence-corrected chi connectivity index (χ3v) is 3.59. The van der Waals surface area contributed by atoms with Crippen LogP contribution >= 0.6 is 11.3 Å². The Morgan fingerprint density at radius 1 is 1.21 bits per heavy atom. The Bertz CT molecular complexity index is 619.